The summed E-state index contributed by atoms with van der Waals surface area (Å²) < 4.78 is 23.3. The third kappa shape index (κ3) is 5.25. The Balaban J connectivity index is 1.53. The molecule has 0 N–H and O–H groups in total. The van der Waals surface area contributed by atoms with Crippen LogP contribution in [-0.2, 0) is 0 Å². The molecule has 0 bridgehead atoms. The number of hydrogen-bond donors (Lipinski definition) is 0. The molecule has 0 unspecified atom stereocenters. The van der Waals surface area contributed by atoms with Crippen LogP contribution in [0.5, 0.6) is 17.2 Å². The summed E-state index contributed by atoms with van der Waals surface area (Å²) in [5.41, 5.74) is 4.46. The van der Waals surface area contributed by atoms with Gasteiger partial charge in [-0.1, -0.05) is 17.7 Å². The van der Waals surface area contributed by atoms with E-state index in [2.05, 4.69) is 0 Å². The van der Waals surface area contributed by atoms with E-state index < -0.39 is 0 Å². The van der Waals surface area contributed by atoms with Crippen molar-refractivity contribution in [3.8, 4) is 28.6 Å². The molecule has 1 aromatic heterocycles. The van der Waals surface area contributed by atoms with Crippen LogP contribution in [-0.4, -0.2) is 20.3 Å². The van der Waals surface area contributed by atoms with E-state index in [1.165, 1.54) is 5.56 Å². The number of fused-ring (bicyclic) bond motifs is 1. The van der Waals surface area contributed by atoms with Gasteiger partial charge in [-0.25, -0.2) is 0 Å². The third-order valence-corrected chi connectivity index (χ3v) is 5.89. The number of rotatable bonds is 9. The smallest absolute Gasteiger partial charge is 0.235 e. The second-order valence-electron chi connectivity index (χ2n) is 8.47. The predicted octanol–water partition coefficient (Wildman–Crippen LogP) is 6.63. The molecule has 0 aliphatic rings. The molecule has 0 atom stereocenters. The first-order chi connectivity index (χ1) is 16.5. The van der Waals surface area contributed by atoms with Crippen LogP contribution in [0.25, 0.3) is 22.3 Å². The highest BCUT2D eigenvalue weighted by atomic mass is 16.5. The van der Waals surface area contributed by atoms with Gasteiger partial charge in [0.05, 0.1) is 25.7 Å². The molecule has 4 aromatic rings. The van der Waals surface area contributed by atoms with E-state index in [9.17, 15) is 4.79 Å². The predicted molar refractivity (Wildman–Crippen MR) is 135 cm³/mol. The Kier molecular flexibility index (Phi) is 7.21. The Morgan fingerprint density at radius 3 is 2.06 bits per heavy atom. The van der Waals surface area contributed by atoms with Crippen molar-refractivity contribution in [2.75, 3.05) is 20.3 Å². The highest BCUT2D eigenvalue weighted by Crippen LogP contribution is 2.33. The van der Waals surface area contributed by atoms with Gasteiger partial charge in [0.25, 0.3) is 0 Å². The minimum Gasteiger partial charge on any atom is -0.497 e. The van der Waals surface area contributed by atoms with Gasteiger partial charge in [-0.2, -0.15) is 0 Å². The molecular weight excluding hydrogens is 428 g/mol. The molecule has 5 heteroatoms. The highest BCUT2D eigenvalue weighted by molar-refractivity contribution is 5.83. The minimum atomic E-state index is -0.161. The Hall–Kier alpha value is -3.73. The number of benzene rings is 3. The zero-order valence-corrected chi connectivity index (χ0v) is 20.1. The lowest BCUT2D eigenvalue weighted by Crippen LogP contribution is -2.12. The second-order valence-corrected chi connectivity index (χ2v) is 8.47. The third-order valence-electron chi connectivity index (χ3n) is 5.89. The van der Waals surface area contributed by atoms with Gasteiger partial charge in [-0.3, -0.25) is 4.79 Å². The molecule has 0 aliphatic heterocycles. The van der Waals surface area contributed by atoms with Gasteiger partial charge in [-0.05, 0) is 93.3 Å². The standard InChI is InChI=1S/C29H30O5/c1-19-7-11-24(12-8-19)32-15-5-6-16-33-29-27(30)25-17-20(2)21(3)18-26(25)34-28(29)22-9-13-23(31-4)14-10-22/h7-14,17-18H,5-6,15-16H2,1-4H3. The van der Waals surface area contributed by atoms with Crippen LogP contribution < -0.4 is 19.6 Å². The van der Waals surface area contributed by atoms with Crippen LogP contribution in [0.1, 0.15) is 29.5 Å². The maximum absolute atomic E-state index is 13.4. The van der Waals surface area contributed by atoms with Gasteiger partial charge >= 0.3 is 0 Å². The molecule has 176 valence electrons. The van der Waals surface area contributed by atoms with Crippen molar-refractivity contribution >= 4 is 11.0 Å². The lowest BCUT2D eigenvalue weighted by atomic mass is 10.0. The minimum absolute atomic E-state index is 0.161. The molecule has 0 spiro atoms. The van der Waals surface area contributed by atoms with Crippen molar-refractivity contribution in [3.63, 3.8) is 0 Å². The SMILES string of the molecule is COc1ccc(-c2oc3cc(C)c(C)cc3c(=O)c2OCCCCOc2ccc(C)cc2)cc1. The first kappa shape index (κ1) is 23.4. The molecule has 0 amide bonds. The molecule has 0 fully saturated rings. The largest absolute Gasteiger partial charge is 0.497 e. The summed E-state index contributed by atoms with van der Waals surface area (Å²) in [6, 6.07) is 19.2. The van der Waals surface area contributed by atoms with E-state index in [0.717, 1.165) is 41.0 Å². The summed E-state index contributed by atoms with van der Waals surface area (Å²) in [7, 11) is 1.62. The van der Waals surface area contributed by atoms with Gasteiger partial charge < -0.3 is 18.6 Å². The molecule has 3 aromatic carbocycles. The summed E-state index contributed by atoms with van der Waals surface area (Å²) in [5, 5.41) is 0.526. The number of ether oxygens (including phenoxy) is 3. The number of unbranched alkanes of at least 4 members (excludes halogenated alkanes) is 1. The van der Waals surface area contributed by atoms with Crippen LogP contribution in [0.15, 0.2) is 69.9 Å². The zero-order valence-electron chi connectivity index (χ0n) is 20.1. The summed E-state index contributed by atoms with van der Waals surface area (Å²) in [5.74, 6) is 2.25. The molecule has 1 heterocycles. The van der Waals surface area contributed by atoms with Crippen LogP contribution in [0.4, 0.5) is 0 Å². The first-order valence-corrected chi connectivity index (χ1v) is 11.5. The average molecular weight is 459 g/mol. The van der Waals surface area contributed by atoms with Crippen LogP contribution in [0, 0.1) is 20.8 Å². The maximum Gasteiger partial charge on any atom is 0.235 e. The van der Waals surface area contributed by atoms with Gasteiger partial charge in [0.15, 0.2) is 5.76 Å². The van der Waals surface area contributed by atoms with E-state index >= 15 is 0 Å². The molecule has 34 heavy (non-hydrogen) atoms. The maximum atomic E-state index is 13.4. The Bertz CT molecular complexity index is 1320. The Labute approximate surface area is 199 Å². The second kappa shape index (κ2) is 10.5. The van der Waals surface area contributed by atoms with Crippen molar-refractivity contribution in [2.24, 2.45) is 0 Å². The van der Waals surface area contributed by atoms with Gasteiger partial charge in [0.2, 0.25) is 11.2 Å². The van der Waals surface area contributed by atoms with Crippen molar-refractivity contribution in [1.29, 1.82) is 0 Å². The van der Waals surface area contributed by atoms with E-state index in [1.54, 1.807) is 7.11 Å². The molecule has 4 rings (SSSR count). The molecule has 0 saturated carbocycles. The lowest BCUT2D eigenvalue weighted by molar-refractivity contribution is 0.263. The summed E-state index contributed by atoms with van der Waals surface area (Å²) in [4.78, 5) is 13.4. The topological polar surface area (TPSA) is 57.9 Å². The monoisotopic (exact) mass is 458 g/mol. The molecule has 0 radical (unpaired) electrons. The molecule has 0 aliphatic carbocycles. The summed E-state index contributed by atoms with van der Waals surface area (Å²) in [6.07, 6.45) is 1.56. The molecule has 5 nitrogen and oxygen atoms in total. The van der Waals surface area contributed by atoms with Gasteiger partial charge in [0.1, 0.15) is 17.1 Å². The molecular formula is C29H30O5. The summed E-state index contributed by atoms with van der Waals surface area (Å²) >= 11 is 0. The van der Waals surface area contributed by atoms with Gasteiger partial charge in [-0.15, -0.1) is 0 Å². The Morgan fingerprint density at radius 2 is 1.38 bits per heavy atom. The fourth-order valence-corrected chi connectivity index (χ4v) is 3.70. The number of methoxy groups -OCH3 is 1. The quantitative estimate of drug-likeness (QED) is 0.263. The van der Waals surface area contributed by atoms with Crippen LogP contribution >= 0.6 is 0 Å². The van der Waals surface area contributed by atoms with Crippen LogP contribution in [0.3, 0.4) is 0 Å². The Morgan fingerprint density at radius 1 is 0.765 bits per heavy atom. The number of hydrogen-bond acceptors (Lipinski definition) is 5. The van der Waals surface area contributed by atoms with Crippen molar-refractivity contribution < 1.29 is 18.6 Å². The van der Waals surface area contributed by atoms with Crippen LogP contribution in [0.2, 0.25) is 0 Å². The lowest BCUT2D eigenvalue weighted by Gasteiger charge is -2.13. The molecule has 0 saturated heterocycles. The average Bonchev–Trinajstić information content (AvgIpc) is 2.85. The number of aryl methyl sites for hydroxylation is 3. The van der Waals surface area contributed by atoms with E-state index in [0.29, 0.717) is 29.9 Å². The van der Waals surface area contributed by atoms with E-state index in [-0.39, 0.29) is 11.2 Å². The van der Waals surface area contributed by atoms with Crippen molar-refractivity contribution in [3.05, 3.63) is 87.6 Å². The summed E-state index contributed by atoms with van der Waals surface area (Å²) in [6.45, 7) is 7.02. The first-order valence-electron chi connectivity index (χ1n) is 11.5. The fraction of sp³-hybridized carbons (Fsp3) is 0.276. The van der Waals surface area contributed by atoms with Crippen molar-refractivity contribution in [2.45, 2.75) is 33.6 Å². The van der Waals surface area contributed by atoms with Crippen molar-refractivity contribution in [1.82, 2.24) is 0 Å². The normalized spacial score (nSPS) is 10.9. The zero-order chi connectivity index (χ0) is 24.1. The highest BCUT2D eigenvalue weighted by Gasteiger charge is 2.18. The van der Waals surface area contributed by atoms with E-state index in [1.807, 2.05) is 81.4 Å². The van der Waals surface area contributed by atoms with Gasteiger partial charge in [0, 0.05) is 5.56 Å². The fourth-order valence-electron chi connectivity index (χ4n) is 3.70. The van der Waals surface area contributed by atoms with E-state index in [4.69, 9.17) is 18.6 Å².